The van der Waals surface area contributed by atoms with E-state index < -0.39 is 0 Å². The number of hydrogen-bond acceptors (Lipinski definition) is 1. The van der Waals surface area contributed by atoms with E-state index in [1.807, 2.05) is 12.2 Å². The maximum Gasteiger partial charge on any atom is 2.00 e. The molecule has 0 aromatic rings. The predicted molar refractivity (Wildman–Crippen MR) is 34.4 cm³/mol. The first kappa shape index (κ1) is 12.0. The summed E-state index contributed by atoms with van der Waals surface area (Å²) in [7, 11) is 1.39. The van der Waals surface area contributed by atoms with Gasteiger partial charge in [-0.1, -0.05) is 0 Å². The van der Waals surface area contributed by atoms with Gasteiger partial charge in [0.25, 0.3) is 0 Å². The van der Waals surface area contributed by atoms with Crippen LogP contribution in [0.1, 0.15) is 6.42 Å². The van der Waals surface area contributed by atoms with Crippen LogP contribution in [0.5, 0.6) is 0 Å². The Kier molecular flexibility index (Phi) is 14.9. The molecule has 0 atom stereocenters. The molecule has 0 saturated carbocycles. The molecule has 49 valence electrons. The van der Waals surface area contributed by atoms with Crippen molar-refractivity contribution in [3.8, 4) is 0 Å². The topological polar surface area (TPSA) is 9.23 Å². The summed E-state index contributed by atoms with van der Waals surface area (Å²) in [6, 6.07) is 0. The van der Waals surface area contributed by atoms with E-state index in [4.69, 9.17) is 0 Å². The Hall–Kier alpha value is 0.314. The van der Waals surface area contributed by atoms with Crippen LogP contribution >= 0.6 is 11.9 Å². The Bertz CT molecular complexity index is 81.1. The second kappa shape index (κ2) is 11.2. The van der Waals surface area contributed by atoms with Gasteiger partial charge in [-0.2, -0.15) is 6.08 Å². The van der Waals surface area contributed by atoms with Crippen molar-refractivity contribution >= 4 is 11.9 Å². The number of rotatable bonds is 0. The van der Waals surface area contributed by atoms with E-state index in [0.29, 0.717) is 0 Å². The van der Waals surface area contributed by atoms with Gasteiger partial charge in [0.2, 0.25) is 0 Å². The van der Waals surface area contributed by atoms with Crippen LogP contribution in [0.15, 0.2) is 18.2 Å². The van der Waals surface area contributed by atoms with Crippen LogP contribution in [0, 0.1) is 6.08 Å². The van der Waals surface area contributed by atoms with Gasteiger partial charge in [-0.05, 0) is 0 Å². The van der Waals surface area contributed by atoms with Gasteiger partial charge in [0.05, 0.1) is 19.0 Å². The SMILES string of the molecule is COCl.[C-]1=CC=CC1.[V+2]. The fraction of sp³-hybridized carbons (Fsp3) is 0.333. The summed E-state index contributed by atoms with van der Waals surface area (Å²) in [6.45, 7) is 0. The standard InChI is InChI=1S/C5H5.CH3ClO.V/c1-2-4-5-3-1;1-3-2;/h1-3H,4H2;1H3;/q-1;;+2. The van der Waals surface area contributed by atoms with Gasteiger partial charge in [0, 0.05) is 0 Å². The molecule has 1 radical (unpaired) electrons. The molecule has 0 aromatic heterocycles. The predicted octanol–water partition coefficient (Wildman–Crippen LogP) is 2.09. The molecule has 0 spiro atoms. The van der Waals surface area contributed by atoms with Crippen molar-refractivity contribution in [1.29, 1.82) is 0 Å². The zero-order valence-corrected chi connectivity index (χ0v) is 7.33. The smallest absolute Gasteiger partial charge is 0.283 e. The van der Waals surface area contributed by atoms with Gasteiger partial charge in [0.1, 0.15) is 0 Å². The molecule has 1 rings (SSSR count). The fourth-order valence-electron chi connectivity index (χ4n) is 0.340. The average molecular weight is 183 g/mol. The van der Waals surface area contributed by atoms with Crippen LogP contribution in [-0.2, 0) is 22.8 Å². The molecule has 0 N–H and O–H groups in total. The average Bonchev–Trinajstić information content (AvgIpc) is 2.17. The first-order valence-electron chi connectivity index (χ1n) is 2.28. The zero-order valence-electron chi connectivity index (χ0n) is 5.17. The van der Waals surface area contributed by atoms with Crippen molar-refractivity contribution in [3.63, 3.8) is 0 Å². The van der Waals surface area contributed by atoms with Crippen molar-refractivity contribution in [3.05, 3.63) is 24.3 Å². The van der Waals surface area contributed by atoms with Gasteiger partial charge >= 0.3 is 18.6 Å². The molecule has 0 bridgehead atoms. The third-order valence-corrected chi connectivity index (χ3v) is 0.586. The van der Waals surface area contributed by atoms with E-state index in [-0.39, 0.29) is 18.6 Å². The Labute approximate surface area is 72.8 Å². The summed E-state index contributed by atoms with van der Waals surface area (Å²) >= 11 is 4.50. The van der Waals surface area contributed by atoms with Crippen molar-refractivity contribution < 1.29 is 22.8 Å². The number of allylic oxidation sites excluding steroid dienone is 4. The first-order chi connectivity index (χ1) is 3.91. The number of halogens is 1. The fourth-order valence-corrected chi connectivity index (χ4v) is 0.340. The summed E-state index contributed by atoms with van der Waals surface area (Å²) in [5, 5.41) is 0. The van der Waals surface area contributed by atoms with Gasteiger partial charge in [-0.15, -0.1) is 6.42 Å². The first-order valence-corrected chi connectivity index (χ1v) is 2.59. The molecule has 1 aliphatic rings. The number of hydrogen-bond donors (Lipinski definition) is 0. The molecule has 0 heterocycles. The summed E-state index contributed by atoms with van der Waals surface area (Å²) < 4.78 is 3.72. The molecular weight excluding hydrogens is 174 g/mol. The van der Waals surface area contributed by atoms with Crippen LogP contribution in [-0.4, -0.2) is 7.11 Å². The van der Waals surface area contributed by atoms with Crippen LogP contribution in [0.25, 0.3) is 0 Å². The van der Waals surface area contributed by atoms with E-state index in [9.17, 15) is 0 Å². The van der Waals surface area contributed by atoms with Gasteiger partial charge in [-0.25, -0.2) is 12.2 Å². The molecule has 1 aliphatic carbocycles. The molecule has 0 amide bonds. The van der Waals surface area contributed by atoms with Gasteiger partial charge in [0.15, 0.2) is 0 Å². The van der Waals surface area contributed by atoms with Gasteiger partial charge in [-0.3, -0.25) is 10.4 Å². The second-order valence-corrected chi connectivity index (χ2v) is 1.47. The molecule has 0 saturated heterocycles. The Morgan fingerprint density at radius 3 is 2.33 bits per heavy atom. The van der Waals surface area contributed by atoms with E-state index in [2.05, 4.69) is 28.3 Å². The summed E-state index contributed by atoms with van der Waals surface area (Å²) in [4.78, 5) is 0. The second-order valence-electron chi connectivity index (χ2n) is 1.16. The van der Waals surface area contributed by atoms with Crippen LogP contribution < -0.4 is 0 Å². The third kappa shape index (κ3) is 11.7. The molecule has 0 fully saturated rings. The van der Waals surface area contributed by atoms with Gasteiger partial charge < -0.3 is 0 Å². The Morgan fingerprint density at radius 2 is 2.22 bits per heavy atom. The minimum Gasteiger partial charge on any atom is -0.283 e. The maximum absolute atomic E-state index is 4.50. The van der Waals surface area contributed by atoms with Crippen molar-refractivity contribution in [2.75, 3.05) is 7.11 Å². The Morgan fingerprint density at radius 1 is 1.67 bits per heavy atom. The third-order valence-electron chi connectivity index (χ3n) is 0.586. The monoisotopic (exact) mass is 182 g/mol. The van der Waals surface area contributed by atoms with Crippen molar-refractivity contribution in [2.24, 2.45) is 0 Å². The van der Waals surface area contributed by atoms with E-state index in [0.717, 1.165) is 6.42 Å². The molecule has 0 unspecified atom stereocenters. The van der Waals surface area contributed by atoms with E-state index >= 15 is 0 Å². The normalized spacial score (nSPS) is 11.8. The molecule has 9 heavy (non-hydrogen) atoms. The van der Waals surface area contributed by atoms with Crippen LogP contribution in [0.4, 0.5) is 0 Å². The minimum atomic E-state index is 0. The Balaban J connectivity index is 0. The summed E-state index contributed by atoms with van der Waals surface area (Å²) in [5.41, 5.74) is 0. The molecule has 0 aliphatic heterocycles. The molecule has 1 nitrogen and oxygen atoms in total. The maximum atomic E-state index is 4.50. The van der Waals surface area contributed by atoms with E-state index in [1.54, 1.807) is 0 Å². The minimum absolute atomic E-state index is 0. The van der Waals surface area contributed by atoms with Crippen molar-refractivity contribution in [1.82, 2.24) is 0 Å². The molecule has 0 aromatic carbocycles. The molecular formula is C6H8ClOV+. The summed E-state index contributed by atoms with van der Waals surface area (Å²) in [6.07, 6.45) is 10.0. The molecule has 3 heteroatoms. The zero-order chi connectivity index (χ0) is 6.24. The quantitative estimate of drug-likeness (QED) is 0.522. The van der Waals surface area contributed by atoms with Crippen LogP contribution in [0.2, 0.25) is 0 Å². The van der Waals surface area contributed by atoms with Crippen LogP contribution in [0.3, 0.4) is 0 Å². The van der Waals surface area contributed by atoms with E-state index in [1.165, 1.54) is 7.11 Å². The van der Waals surface area contributed by atoms with Crippen molar-refractivity contribution in [2.45, 2.75) is 6.42 Å². The largest absolute Gasteiger partial charge is 2.00 e. The summed E-state index contributed by atoms with van der Waals surface area (Å²) in [5.74, 6) is 0.